The second-order valence-corrected chi connectivity index (χ2v) is 8.69. The molecule has 0 bridgehead atoms. The van der Waals surface area contributed by atoms with Crippen LogP contribution < -0.4 is 10.5 Å². The van der Waals surface area contributed by atoms with Gasteiger partial charge in [0.1, 0.15) is 19.0 Å². The Hall–Kier alpha value is -2.19. The second kappa shape index (κ2) is 10.2. The van der Waals surface area contributed by atoms with Gasteiger partial charge in [0.2, 0.25) is 0 Å². The minimum Gasteiger partial charge on any atom is -0.496 e. The zero-order valence-corrected chi connectivity index (χ0v) is 18.7. The number of ether oxygens (including phenoxy) is 3. The number of rotatable bonds is 9. The third kappa shape index (κ3) is 5.10. The van der Waals surface area contributed by atoms with Crippen LogP contribution in [0.2, 0.25) is 0 Å². The number of nitrogen functional groups attached to an aromatic ring is 1. The molecule has 2 heterocycles. The van der Waals surface area contributed by atoms with Crippen molar-refractivity contribution in [2.24, 2.45) is 0 Å². The molecule has 2 aliphatic heterocycles. The number of esters is 2. The van der Waals surface area contributed by atoms with E-state index in [0.29, 0.717) is 42.9 Å². The Morgan fingerprint density at radius 1 is 1.37 bits per heavy atom. The van der Waals surface area contributed by atoms with Crippen molar-refractivity contribution in [1.29, 1.82) is 0 Å². The number of hydrogen-bond donors (Lipinski definition) is 1. The molecule has 0 spiro atoms. The van der Waals surface area contributed by atoms with Gasteiger partial charge in [0.15, 0.2) is 0 Å². The maximum Gasteiger partial charge on any atom is 0.341 e. The molecule has 7 nitrogen and oxygen atoms in total. The predicted molar refractivity (Wildman–Crippen MR) is 118 cm³/mol. The molecule has 3 rings (SSSR count). The number of carbonyl (C=O) groups is 2. The Labute approximate surface area is 181 Å². The summed E-state index contributed by atoms with van der Waals surface area (Å²) in [5.74, 6) is 2.30. The van der Waals surface area contributed by atoms with Gasteiger partial charge in [-0.3, -0.25) is 9.69 Å². The molecule has 30 heavy (non-hydrogen) atoms. The van der Waals surface area contributed by atoms with Gasteiger partial charge < -0.3 is 19.9 Å². The van der Waals surface area contributed by atoms with Gasteiger partial charge in [0, 0.05) is 42.3 Å². The second-order valence-electron chi connectivity index (χ2n) is 7.61. The number of allylic oxidation sites excluding steroid dienone is 2. The fourth-order valence-electron chi connectivity index (χ4n) is 3.76. The Morgan fingerprint density at radius 3 is 2.87 bits per heavy atom. The molecular formula is C22H30N2O5S. The molecular weight excluding hydrogens is 404 g/mol. The standard InChI is InChI=1S/C22H30N2O5S/c1-14(5-7-18(25)28-10-8-24-9-11-30-13-24)4-6-16-20(23)19-17(12-29-22(19)26)15(2)21(16)27-3/h4H,5-13,23H2,1-3H3/b14-4+. The van der Waals surface area contributed by atoms with E-state index in [1.165, 1.54) is 0 Å². The molecule has 0 saturated carbocycles. The van der Waals surface area contributed by atoms with Crippen LogP contribution in [0.5, 0.6) is 5.75 Å². The van der Waals surface area contributed by atoms with E-state index in [0.717, 1.165) is 47.0 Å². The highest BCUT2D eigenvalue weighted by Crippen LogP contribution is 2.39. The van der Waals surface area contributed by atoms with Gasteiger partial charge in [0.05, 0.1) is 18.4 Å². The SMILES string of the molecule is COc1c(C)c2c(c(N)c1C/C=C(\C)CCC(=O)OCCN1CCSC1)C(=O)OC2. The lowest BCUT2D eigenvalue weighted by Crippen LogP contribution is -2.25. The van der Waals surface area contributed by atoms with Crippen LogP contribution in [-0.2, 0) is 27.3 Å². The van der Waals surface area contributed by atoms with Gasteiger partial charge in [-0.25, -0.2) is 4.79 Å². The van der Waals surface area contributed by atoms with Gasteiger partial charge >= 0.3 is 11.9 Å². The van der Waals surface area contributed by atoms with Crippen LogP contribution >= 0.6 is 11.8 Å². The lowest BCUT2D eigenvalue weighted by molar-refractivity contribution is -0.143. The van der Waals surface area contributed by atoms with Crippen LogP contribution in [0, 0.1) is 6.92 Å². The normalized spacial score (nSPS) is 16.5. The number of anilines is 1. The van der Waals surface area contributed by atoms with Crippen LogP contribution in [-0.4, -0.2) is 55.3 Å². The van der Waals surface area contributed by atoms with E-state index in [-0.39, 0.29) is 18.5 Å². The first-order chi connectivity index (χ1) is 14.4. The molecule has 2 N–H and O–H groups in total. The summed E-state index contributed by atoms with van der Waals surface area (Å²) in [6.45, 7) is 6.43. The van der Waals surface area contributed by atoms with Crippen LogP contribution in [0.1, 0.15) is 46.8 Å². The maximum atomic E-state index is 12.1. The molecule has 0 atom stereocenters. The Kier molecular flexibility index (Phi) is 7.66. The maximum absolute atomic E-state index is 12.1. The summed E-state index contributed by atoms with van der Waals surface area (Å²) in [5, 5.41) is 0. The fourth-order valence-corrected chi connectivity index (χ4v) is 4.79. The van der Waals surface area contributed by atoms with Crippen molar-refractivity contribution in [2.45, 2.75) is 39.7 Å². The summed E-state index contributed by atoms with van der Waals surface area (Å²) >= 11 is 1.90. The van der Waals surface area contributed by atoms with E-state index >= 15 is 0 Å². The number of cyclic esters (lactones) is 1. The zero-order valence-electron chi connectivity index (χ0n) is 17.9. The summed E-state index contributed by atoms with van der Waals surface area (Å²) in [6.07, 6.45) is 3.50. The molecule has 8 heteroatoms. The van der Waals surface area contributed by atoms with Gasteiger partial charge in [-0.1, -0.05) is 11.6 Å². The van der Waals surface area contributed by atoms with Crippen LogP contribution in [0.3, 0.4) is 0 Å². The number of thioether (sulfide) groups is 1. The summed E-state index contributed by atoms with van der Waals surface area (Å²) in [6, 6.07) is 0. The van der Waals surface area contributed by atoms with Gasteiger partial charge in [0.25, 0.3) is 0 Å². The molecule has 1 aromatic carbocycles. The lowest BCUT2D eigenvalue weighted by atomic mass is 9.94. The largest absolute Gasteiger partial charge is 0.496 e. The molecule has 0 aromatic heterocycles. The highest BCUT2D eigenvalue weighted by atomic mass is 32.2. The number of benzene rings is 1. The summed E-state index contributed by atoms with van der Waals surface area (Å²) in [4.78, 5) is 26.3. The topological polar surface area (TPSA) is 91.1 Å². The lowest BCUT2D eigenvalue weighted by Gasteiger charge is -2.16. The first-order valence-electron chi connectivity index (χ1n) is 10.2. The van der Waals surface area contributed by atoms with Gasteiger partial charge in [-0.15, -0.1) is 11.8 Å². The minimum atomic E-state index is -0.384. The average Bonchev–Trinajstić information content (AvgIpc) is 3.38. The molecule has 164 valence electrons. The Balaban J connectivity index is 1.56. The highest BCUT2D eigenvalue weighted by molar-refractivity contribution is 7.99. The van der Waals surface area contributed by atoms with Crippen molar-refractivity contribution in [3.05, 3.63) is 33.9 Å². The average molecular weight is 435 g/mol. The number of carbonyl (C=O) groups excluding carboxylic acids is 2. The van der Waals surface area contributed by atoms with Crippen molar-refractivity contribution >= 4 is 29.4 Å². The van der Waals surface area contributed by atoms with Crippen molar-refractivity contribution in [3.63, 3.8) is 0 Å². The number of nitrogens with zero attached hydrogens (tertiary/aromatic N) is 1. The molecule has 0 unspecified atom stereocenters. The molecule has 0 radical (unpaired) electrons. The van der Waals surface area contributed by atoms with Crippen molar-refractivity contribution in [2.75, 3.05) is 44.2 Å². The van der Waals surface area contributed by atoms with Crippen LogP contribution in [0.4, 0.5) is 5.69 Å². The molecule has 1 aromatic rings. The van der Waals surface area contributed by atoms with Crippen molar-refractivity contribution in [1.82, 2.24) is 4.90 Å². The Bertz CT molecular complexity index is 847. The smallest absolute Gasteiger partial charge is 0.341 e. The van der Waals surface area contributed by atoms with E-state index in [9.17, 15) is 9.59 Å². The summed E-state index contributed by atoms with van der Waals surface area (Å²) in [5.41, 5.74) is 10.7. The number of nitrogens with two attached hydrogens (primary N) is 1. The first kappa shape index (κ1) is 22.5. The number of hydrogen-bond acceptors (Lipinski definition) is 8. The summed E-state index contributed by atoms with van der Waals surface area (Å²) in [7, 11) is 1.60. The summed E-state index contributed by atoms with van der Waals surface area (Å²) < 4.78 is 16.1. The monoisotopic (exact) mass is 434 g/mol. The molecule has 0 amide bonds. The highest BCUT2D eigenvalue weighted by Gasteiger charge is 2.30. The van der Waals surface area contributed by atoms with Crippen molar-refractivity contribution < 1.29 is 23.8 Å². The third-order valence-electron chi connectivity index (χ3n) is 5.59. The van der Waals surface area contributed by atoms with Crippen LogP contribution in [0.25, 0.3) is 0 Å². The van der Waals surface area contributed by atoms with E-state index in [4.69, 9.17) is 19.9 Å². The minimum absolute atomic E-state index is 0.178. The predicted octanol–water partition coefficient (Wildman–Crippen LogP) is 3.07. The fraction of sp³-hybridized carbons (Fsp3) is 0.545. The molecule has 0 aliphatic carbocycles. The Morgan fingerprint density at radius 2 is 2.17 bits per heavy atom. The first-order valence-corrected chi connectivity index (χ1v) is 11.3. The van der Waals surface area contributed by atoms with Crippen LogP contribution in [0.15, 0.2) is 11.6 Å². The molecule has 2 aliphatic rings. The molecule has 1 fully saturated rings. The van der Waals surface area contributed by atoms with E-state index < -0.39 is 0 Å². The quantitative estimate of drug-likeness (QED) is 0.360. The number of fused-ring (bicyclic) bond motifs is 1. The third-order valence-corrected chi connectivity index (χ3v) is 6.61. The van der Waals surface area contributed by atoms with E-state index in [1.807, 2.05) is 31.7 Å². The van der Waals surface area contributed by atoms with Gasteiger partial charge in [-0.05, 0) is 32.3 Å². The number of methoxy groups -OCH3 is 1. The van der Waals surface area contributed by atoms with E-state index in [2.05, 4.69) is 4.90 Å². The zero-order chi connectivity index (χ0) is 21.7. The van der Waals surface area contributed by atoms with Crippen molar-refractivity contribution in [3.8, 4) is 5.75 Å². The van der Waals surface area contributed by atoms with Gasteiger partial charge in [-0.2, -0.15) is 0 Å². The molecule has 1 saturated heterocycles. The van der Waals surface area contributed by atoms with E-state index in [1.54, 1.807) is 7.11 Å².